The fraction of sp³-hybridized carbons (Fsp3) is 0.182. The van der Waals surface area contributed by atoms with Crippen molar-refractivity contribution in [2.24, 2.45) is 0 Å². The van der Waals surface area contributed by atoms with Crippen LogP contribution in [0.2, 0.25) is 0 Å². The molecule has 2 aromatic carbocycles. The highest BCUT2D eigenvalue weighted by atomic mass is 32.2. The van der Waals surface area contributed by atoms with Gasteiger partial charge in [0.25, 0.3) is 0 Å². The zero-order chi connectivity index (χ0) is 20.2. The van der Waals surface area contributed by atoms with E-state index in [1.54, 1.807) is 54.3 Å². The average molecular weight is 408 g/mol. The number of hydrogen-bond acceptors (Lipinski definition) is 5. The van der Waals surface area contributed by atoms with Gasteiger partial charge in [-0.3, -0.25) is 9.59 Å². The van der Waals surface area contributed by atoms with Crippen LogP contribution in [-0.2, 0) is 9.59 Å². The molecule has 148 valence electrons. The Morgan fingerprint density at radius 2 is 1.97 bits per heavy atom. The summed E-state index contributed by atoms with van der Waals surface area (Å²) in [6.45, 7) is -0.0622. The monoisotopic (exact) mass is 408 g/mol. The van der Waals surface area contributed by atoms with Gasteiger partial charge >= 0.3 is 0 Å². The number of methoxy groups -OCH3 is 1. The summed E-state index contributed by atoms with van der Waals surface area (Å²) < 4.78 is 10.7. The summed E-state index contributed by atoms with van der Waals surface area (Å²) in [6, 6.07) is 18.4. The lowest BCUT2D eigenvalue weighted by atomic mass is 10.2. The molecular formula is C22H20N2O4S. The Morgan fingerprint density at radius 1 is 1.17 bits per heavy atom. The van der Waals surface area contributed by atoms with Crippen molar-refractivity contribution in [2.45, 2.75) is 16.6 Å². The number of thioether (sulfide) groups is 1. The first-order valence-electron chi connectivity index (χ1n) is 9.17. The minimum absolute atomic E-state index is 0.0622. The first kappa shape index (κ1) is 19.1. The molecule has 0 saturated heterocycles. The van der Waals surface area contributed by atoms with E-state index in [4.69, 9.17) is 9.15 Å². The molecule has 2 amide bonds. The quantitative estimate of drug-likeness (QED) is 0.673. The van der Waals surface area contributed by atoms with E-state index in [9.17, 15) is 9.59 Å². The molecule has 0 spiro atoms. The Bertz CT molecular complexity index is 1000. The van der Waals surface area contributed by atoms with Crippen molar-refractivity contribution in [1.29, 1.82) is 0 Å². The standard InChI is InChI=1S/C22H20N2O4S/c1-27-16-10-8-15(9-11-16)23-21(25)14-24-17-5-2-3-7-19(17)29-20(13-22(24)26)18-6-4-12-28-18/h2-12,20H,13-14H2,1H3,(H,23,25). The van der Waals surface area contributed by atoms with Crippen LogP contribution in [0.1, 0.15) is 17.4 Å². The normalized spacial score (nSPS) is 16.1. The molecule has 6 nitrogen and oxygen atoms in total. The highest BCUT2D eigenvalue weighted by Gasteiger charge is 2.31. The van der Waals surface area contributed by atoms with Gasteiger partial charge in [0.1, 0.15) is 18.1 Å². The van der Waals surface area contributed by atoms with Crippen LogP contribution in [0.5, 0.6) is 5.75 Å². The number of benzene rings is 2. The van der Waals surface area contributed by atoms with Crippen LogP contribution in [0, 0.1) is 0 Å². The predicted octanol–water partition coefficient (Wildman–Crippen LogP) is 4.50. The third kappa shape index (κ3) is 4.30. The fourth-order valence-corrected chi connectivity index (χ4v) is 4.44. The molecule has 0 saturated carbocycles. The Morgan fingerprint density at radius 3 is 2.69 bits per heavy atom. The van der Waals surface area contributed by atoms with Crippen molar-refractivity contribution in [3.8, 4) is 5.75 Å². The third-order valence-electron chi connectivity index (χ3n) is 4.62. The van der Waals surface area contributed by atoms with Crippen molar-refractivity contribution >= 4 is 35.0 Å². The summed E-state index contributed by atoms with van der Waals surface area (Å²) in [5.74, 6) is 1.08. The molecule has 29 heavy (non-hydrogen) atoms. The van der Waals surface area contributed by atoms with Crippen LogP contribution in [0.25, 0.3) is 0 Å². The average Bonchev–Trinajstić information content (AvgIpc) is 3.23. The van der Waals surface area contributed by atoms with Crippen molar-refractivity contribution in [3.05, 3.63) is 72.7 Å². The van der Waals surface area contributed by atoms with Crippen molar-refractivity contribution in [1.82, 2.24) is 0 Å². The molecule has 7 heteroatoms. The second-order valence-corrected chi connectivity index (χ2v) is 7.79. The maximum Gasteiger partial charge on any atom is 0.244 e. The molecular weight excluding hydrogens is 388 g/mol. The van der Waals surface area contributed by atoms with Crippen LogP contribution in [-0.4, -0.2) is 25.5 Å². The summed E-state index contributed by atoms with van der Waals surface area (Å²) >= 11 is 1.58. The van der Waals surface area contributed by atoms with E-state index in [0.717, 1.165) is 16.3 Å². The number of nitrogens with zero attached hydrogens (tertiary/aromatic N) is 1. The van der Waals surface area contributed by atoms with Gasteiger partial charge in [-0.1, -0.05) is 12.1 Å². The summed E-state index contributed by atoms with van der Waals surface area (Å²) in [5, 5.41) is 2.71. The SMILES string of the molecule is COc1ccc(NC(=O)CN2C(=O)CC(c3ccco3)Sc3ccccc32)cc1. The van der Waals surface area contributed by atoms with Gasteiger partial charge in [-0.25, -0.2) is 0 Å². The molecule has 0 aliphatic carbocycles. The number of anilines is 2. The summed E-state index contributed by atoms with van der Waals surface area (Å²) in [7, 11) is 1.59. The largest absolute Gasteiger partial charge is 0.497 e. The number of amides is 2. The van der Waals surface area contributed by atoms with E-state index >= 15 is 0 Å². The van der Waals surface area contributed by atoms with E-state index in [1.165, 1.54) is 0 Å². The number of carbonyl (C=O) groups is 2. The fourth-order valence-electron chi connectivity index (χ4n) is 3.20. The Hall–Kier alpha value is -3.19. The third-order valence-corrected chi connectivity index (χ3v) is 5.91. The lowest BCUT2D eigenvalue weighted by Gasteiger charge is -2.22. The van der Waals surface area contributed by atoms with Gasteiger partial charge in [0, 0.05) is 17.0 Å². The number of fused-ring (bicyclic) bond motifs is 1. The minimum Gasteiger partial charge on any atom is -0.497 e. The molecule has 0 radical (unpaired) electrons. The van der Waals surface area contributed by atoms with Crippen molar-refractivity contribution < 1.29 is 18.7 Å². The smallest absolute Gasteiger partial charge is 0.244 e. The van der Waals surface area contributed by atoms with E-state index in [0.29, 0.717) is 11.4 Å². The Balaban J connectivity index is 1.54. The summed E-state index contributed by atoms with van der Waals surface area (Å²) in [6.07, 6.45) is 1.86. The molecule has 3 aromatic rings. The van der Waals surface area contributed by atoms with Gasteiger partial charge < -0.3 is 19.4 Å². The molecule has 1 aliphatic heterocycles. The molecule has 1 atom stereocenters. The predicted molar refractivity (Wildman–Crippen MR) is 112 cm³/mol. The topological polar surface area (TPSA) is 71.8 Å². The maximum absolute atomic E-state index is 13.0. The van der Waals surface area contributed by atoms with Crippen molar-refractivity contribution in [3.63, 3.8) is 0 Å². The zero-order valence-corrected chi connectivity index (χ0v) is 16.6. The van der Waals surface area contributed by atoms with Gasteiger partial charge in [-0.2, -0.15) is 0 Å². The highest BCUT2D eigenvalue weighted by Crippen LogP contribution is 2.45. The first-order valence-corrected chi connectivity index (χ1v) is 10.1. The van der Waals surface area contributed by atoms with Gasteiger partial charge in [0.05, 0.1) is 24.3 Å². The van der Waals surface area contributed by atoms with Gasteiger partial charge in [0.15, 0.2) is 0 Å². The number of nitrogens with one attached hydrogen (secondary N) is 1. The second-order valence-electron chi connectivity index (χ2n) is 6.55. The Labute approximate surface area is 172 Å². The maximum atomic E-state index is 13.0. The minimum atomic E-state index is -0.264. The molecule has 1 aliphatic rings. The van der Waals surface area contributed by atoms with Crippen LogP contribution in [0.3, 0.4) is 0 Å². The van der Waals surface area contributed by atoms with Gasteiger partial charge in [0.2, 0.25) is 11.8 Å². The second kappa shape index (κ2) is 8.45. The molecule has 4 rings (SSSR count). The van der Waals surface area contributed by atoms with Crippen LogP contribution in [0.15, 0.2) is 76.2 Å². The van der Waals surface area contributed by atoms with Gasteiger partial charge in [-0.15, -0.1) is 11.8 Å². The highest BCUT2D eigenvalue weighted by molar-refractivity contribution is 7.99. The lowest BCUT2D eigenvalue weighted by Crippen LogP contribution is -2.38. The molecule has 2 heterocycles. The molecule has 1 aromatic heterocycles. The van der Waals surface area contributed by atoms with E-state index in [1.807, 2.05) is 36.4 Å². The van der Waals surface area contributed by atoms with Crippen LogP contribution in [0.4, 0.5) is 11.4 Å². The molecule has 1 N–H and O–H groups in total. The number of carbonyl (C=O) groups excluding carboxylic acids is 2. The van der Waals surface area contributed by atoms with Crippen molar-refractivity contribution in [2.75, 3.05) is 23.9 Å². The van der Waals surface area contributed by atoms with Gasteiger partial charge in [-0.05, 0) is 48.5 Å². The number of rotatable bonds is 5. The number of furan rings is 1. The van der Waals surface area contributed by atoms with E-state index in [2.05, 4.69) is 5.32 Å². The first-order chi connectivity index (χ1) is 14.1. The van der Waals surface area contributed by atoms with E-state index in [-0.39, 0.29) is 30.0 Å². The summed E-state index contributed by atoms with van der Waals surface area (Å²) in [5.41, 5.74) is 1.38. The molecule has 0 bridgehead atoms. The number of hydrogen-bond donors (Lipinski definition) is 1. The molecule has 1 unspecified atom stereocenters. The molecule has 0 fully saturated rings. The lowest BCUT2D eigenvalue weighted by molar-refractivity contribution is -0.121. The van der Waals surface area contributed by atoms with Crippen LogP contribution >= 0.6 is 11.8 Å². The zero-order valence-electron chi connectivity index (χ0n) is 15.8. The Kier molecular flexibility index (Phi) is 5.57. The summed E-state index contributed by atoms with van der Waals surface area (Å²) in [4.78, 5) is 28.2. The number of ether oxygens (including phenoxy) is 1. The van der Waals surface area contributed by atoms with E-state index < -0.39 is 0 Å². The number of para-hydroxylation sites is 1. The van der Waals surface area contributed by atoms with Crippen LogP contribution < -0.4 is 15.0 Å².